The lowest BCUT2D eigenvalue weighted by molar-refractivity contribution is 0.295. The molecule has 0 saturated heterocycles. The Balaban J connectivity index is 2.12. The van der Waals surface area contributed by atoms with Crippen molar-refractivity contribution in [2.24, 2.45) is 14.1 Å². The first-order valence-corrected chi connectivity index (χ1v) is 8.68. The molecule has 0 radical (unpaired) electrons. The number of aromatic nitrogens is 5. The van der Waals surface area contributed by atoms with Gasteiger partial charge in [0.25, 0.3) is 5.56 Å². The van der Waals surface area contributed by atoms with Gasteiger partial charge in [0, 0.05) is 20.1 Å². The maximum atomic E-state index is 12.1. The number of hydrogen-bond acceptors (Lipinski definition) is 7. The van der Waals surface area contributed by atoms with E-state index in [2.05, 4.69) is 46.2 Å². The first-order valence-electron chi connectivity index (χ1n) is 8.68. The molecule has 2 aromatic heterocycles. The van der Waals surface area contributed by atoms with E-state index in [-0.39, 0.29) is 17.2 Å². The summed E-state index contributed by atoms with van der Waals surface area (Å²) in [5, 5.41) is 11.1. The second kappa shape index (κ2) is 8.19. The van der Waals surface area contributed by atoms with Crippen LogP contribution in [0, 0.1) is 0 Å². The van der Waals surface area contributed by atoms with Crippen LogP contribution in [-0.4, -0.2) is 54.9 Å². The summed E-state index contributed by atoms with van der Waals surface area (Å²) >= 11 is 0. The van der Waals surface area contributed by atoms with Crippen LogP contribution in [0.3, 0.4) is 0 Å². The number of nitrogens with zero attached hydrogens (tertiary/aromatic N) is 6. The zero-order chi connectivity index (χ0) is 18.6. The molecule has 0 aliphatic heterocycles. The highest BCUT2D eigenvalue weighted by Crippen LogP contribution is 2.08. The lowest BCUT2D eigenvalue weighted by Crippen LogP contribution is -2.38. The summed E-state index contributed by atoms with van der Waals surface area (Å²) in [7, 11) is 2.98. The fourth-order valence-electron chi connectivity index (χ4n) is 2.77. The summed E-state index contributed by atoms with van der Waals surface area (Å²) in [5.74, 6) is 0.325. The van der Waals surface area contributed by atoms with Crippen molar-refractivity contribution < 1.29 is 0 Å². The Morgan fingerprint density at radius 1 is 1.12 bits per heavy atom. The molecule has 1 N–H and O–H groups in total. The molecule has 0 spiro atoms. The zero-order valence-electron chi connectivity index (χ0n) is 15.6. The molecule has 0 saturated carbocycles. The maximum absolute atomic E-state index is 12.1. The molecular formula is C16H27N7O2. The Hall–Kier alpha value is -2.29. The number of fused-ring (bicyclic) bond motifs is 1. The second-order valence-electron chi connectivity index (χ2n) is 6.23. The van der Waals surface area contributed by atoms with Crippen LogP contribution in [-0.2, 0) is 14.1 Å². The predicted molar refractivity (Wildman–Crippen MR) is 97.9 cm³/mol. The van der Waals surface area contributed by atoms with Gasteiger partial charge in [0.05, 0.1) is 0 Å². The molecule has 9 heteroatoms. The van der Waals surface area contributed by atoms with E-state index in [1.54, 1.807) is 7.05 Å². The van der Waals surface area contributed by atoms with Crippen molar-refractivity contribution >= 4 is 17.1 Å². The fourth-order valence-corrected chi connectivity index (χ4v) is 2.77. The normalized spacial score (nSPS) is 12.7. The van der Waals surface area contributed by atoms with Gasteiger partial charge in [-0.1, -0.05) is 13.8 Å². The third kappa shape index (κ3) is 4.22. The van der Waals surface area contributed by atoms with Crippen molar-refractivity contribution in [2.75, 3.05) is 25.0 Å². The van der Waals surface area contributed by atoms with Crippen LogP contribution in [0.4, 0.5) is 5.95 Å². The Kier molecular flexibility index (Phi) is 6.24. The minimum atomic E-state index is -0.489. The first-order chi connectivity index (χ1) is 11.9. The van der Waals surface area contributed by atoms with Gasteiger partial charge in [-0.05, 0) is 39.4 Å². The Morgan fingerprint density at radius 2 is 1.80 bits per heavy atom. The average molecular weight is 349 g/mol. The van der Waals surface area contributed by atoms with Crippen LogP contribution in [0.1, 0.15) is 33.6 Å². The van der Waals surface area contributed by atoms with Crippen LogP contribution in [0.25, 0.3) is 11.2 Å². The number of anilines is 1. The molecule has 138 valence electrons. The molecule has 0 fully saturated rings. The molecule has 0 amide bonds. The van der Waals surface area contributed by atoms with Gasteiger partial charge in [0.1, 0.15) is 0 Å². The first kappa shape index (κ1) is 19.0. The molecule has 0 bridgehead atoms. The zero-order valence-corrected chi connectivity index (χ0v) is 15.6. The van der Waals surface area contributed by atoms with Crippen molar-refractivity contribution in [2.45, 2.75) is 39.7 Å². The molecule has 25 heavy (non-hydrogen) atoms. The van der Waals surface area contributed by atoms with E-state index in [1.165, 1.54) is 11.6 Å². The van der Waals surface area contributed by atoms with Crippen LogP contribution >= 0.6 is 0 Å². The van der Waals surface area contributed by atoms with E-state index in [9.17, 15) is 9.59 Å². The lowest BCUT2D eigenvalue weighted by Gasteiger charge is -2.19. The number of aryl methyl sites for hydroxylation is 1. The molecule has 2 heterocycles. The Bertz CT molecular complexity index is 839. The average Bonchev–Trinajstić information content (AvgIpc) is 2.61. The van der Waals surface area contributed by atoms with Crippen LogP contribution in [0.5, 0.6) is 0 Å². The lowest BCUT2D eigenvalue weighted by atomic mass is 10.2. The highest BCUT2D eigenvalue weighted by atomic mass is 16.2. The highest BCUT2D eigenvalue weighted by Gasteiger charge is 2.13. The number of rotatable bonds is 8. The quantitative estimate of drug-likeness (QED) is 0.734. The molecule has 0 aliphatic carbocycles. The van der Waals surface area contributed by atoms with Crippen molar-refractivity contribution in [1.82, 2.24) is 29.2 Å². The summed E-state index contributed by atoms with van der Waals surface area (Å²) in [6.45, 7) is 9.54. The Morgan fingerprint density at radius 3 is 2.44 bits per heavy atom. The summed E-state index contributed by atoms with van der Waals surface area (Å²) in [6.07, 6.45) is 2.03. The third-order valence-corrected chi connectivity index (χ3v) is 4.45. The second-order valence-corrected chi connectivity index (χ2v) is 6.23. The molecule has 9 nitrogen and oxygen atoms in total. The topological polar surface area (TPSA) is 97.9 Å². The summed E-state index contributed by atoms with van der Waals surface area (Å²) in [6, 6.07) is 0.165. The summed E-state index contributed by atoms with van der Waals surface area (Å²) in [4.78, 5) is 30.8. The van der Waals surface area contributed by atoms with E-state index in [1.807, 2.05) is 0 Å². The third-order valence-electron chi connectivity index (χ3n) is 4.45. The van der Waals surface area contributed by atoms with E-state index >= 15 is 0 Å². The van der Waals surface area contributed by atoms with Crippen LogP contribution < -0.4 is 16.6 Å². The van der Waals surface area contributed by atoms with Crippen LogP contribution in [0.2, 0.25) is 0 Å². The van der Waals surface area contributed by atoms with Crippen molar-refractivity contribution in [1.29, 1.82) is 0 Å². The molecule has 1 atom stereocenters. The number of hydrogen-bond donors (Lipinski definition) is 1. The minimum Gasteiger partial charge on any atom is -0.350 e. The van der Waals surface area contributed by atoms with Gasteiger partial charge >= 0.3 is 5.69 Å². The van der Waals surface area contributed by atoms with Gasteiger partial charge < -0.3 is 10.2 Å². The van der Waals surface area contributed by atoms with Gasteiger partial charge in [-0.25, -0.2) is 4.79 Å². The fraction of sp³-hybridized carbons (Fsp3) is 0.688. The van der Waals surface area contributed by atoms with Crippen LogP contribution in [0.15, 0.2) is 9.59 Å². The molecular weight excluding hydrogens is 322 g/mol. The van der Waals surface area contributed by atoms with Gasteiger partial charge in [-0.3, -0.25) is 13.9 Å². The maximum Gasteiger partial charge on any atom is 0.332 e. The molecule has 1 unspecified atom stereocenters. The smallest absolute Gasteiger partial charge is 0.332 e. The van der Waals surface area contributed by atoms with Gasteiger partial charge in [0.15, 0.2) is 11.2 Å². The molecule has 0 aromatic carbocycles. The van der Waals surface area contributed by atoms with E-state index in [0.717, 1.165) is 37.0 Å². The predicted octanol–water partition coefficient (Wildman–Crippen LogP) is 0.345. The molecule has 2 aromatic rings. The standard InChI is InChI=1S/C16H27N7O2/c1-6-23(7-2)10-8-9-11(3)17-15-18-13-12(19-20-15)14(24)22(5)16(25)21(13)4/h11H,6-10H2,1-5H3,(H,17,18,20). The molecule has 2 rings (SSSR count). The van der Waals surface area contributed by atoms with E-state index in [4.69, 9.17) is 0 Å². The van der Waals surface area contributed by atoms with E-state index in [0.29, 0.717) is 5.95 Å². The summed E-state index contributed by atoms with van der Waals surface area (Å²) in [5.41, 5.74) is -0.599. The monoisotopic (exact) mass is 349 g/mol. The van der Waals surface area contributed by atoms with Crippen molar-refractivity contribution in [3.8, 4) is 0 Å². The van der Waals surface area contributed by atoms with Gasteiger partial charge in [0.2, 0.25) is 5.95 Å². The Labute approximate surface area is 146 Å². The summed E-state index contributed by atoms with van der Waals surface area (Å²) < 4.78 is 2.31. The molecule has 0 aliphatic rings. The van der Waals surface area contributed by atoms with Gasteiger partial charge in [-0.15, -0.1) is 10.2 Å². The van der Waals surface area contributed by atoms with Gasteiger partial charge in [-0.2, -0.15) is 4.98 Å². The number of nitrogens with one attached hydrogen (secondary N) is 1. The largest absolute Gasteiger partial charge is 0.350 e. The highest BCUT2D eigenvalue weighted by molar-refractivity contribution is 5.69. The van der Waals surface area contributed by atoms with Crippen molar-refractivity contribution in [3.05, 3.63) is 20.8 Å². The van der Waals surface area contributed by atoms with E-state index < -0.39 is 11.2 Å². The van der Waals surface area contributed by atoms with Crippen molar-refractivity contribution in [3.63, 3.8) is 0 Å². The SMILES string of the molecule is CCN(CC)CCCC(C)Nc1nnc2c(=O)n(C)c(=O)n(C)c2n1. The minimum absolute atomic E-state index is 0.0873.